The number of hydrogen-bond donors (Lipinski definition) is 1. The molecule has 0 radical (unpaired) electrons. The van der Waals surface area contributed by atoms with E-state index in [-0.39, 0.29) is 17.0 Å². The van der Waals surface area contributed by atoms with Crippen molar-refractivity contribution in [3.05, 3.63) is 72.3 Å². The Bertz CT molecular complexity index is 1510. The van der Waals surface area contributed by atoms with Crippen LogP contribution < -0.4 is 4.72 Å². The number of halogens is 4. The Hall–Kier alpha value is -3.82. The van der Waals surface area contributed by atoms with Gasteiger partial charge in [0.15, 0.2) is 0 Å². The average molecular weight is 489 g/mol. The third-order valence-corrected chi connectivity index (χ3v) is 6.56. The summed E-state index contributed by atoms with van der Waals surface area (Å²) in [5.41, 5.74) is 0.905. The average Bonchev–Trinajstić information content (AvgIpc) is 3.12. The molecule has 0 aliphatic carbocycles. The molecule has 0 spiro atoms. The lowest BCUT2D eigenvalue weighted by Gasteiger charge is -2.17. The zero-order valence-corrected chi connectivity index (χ0v) is 18.2. The minimum atomic E-state index is -4.76. The van der Waals surface area contributed by atoms with Gasteiger partial charge in [-0.1, -0.05) is 6.07 Å². The molecule has 0 aliphatic heterocycles. The number of nitriles is 1. The van der Waals surface area contributed by atoms with Gasteiger partial charge in [0.05, 0.1) is 22.5 Å². The van der Waals surface area contributed by atoms with Crippen LogP contribution in [0.2, 0.25) is 0 Å². The van der Waals surface area contributed by atoms with E-state index in [0.717, 1.165) is 12.3 Å². The first-order chi connectivity index (χ1) is 16.0. The van der Waals surface area contributed by atoms with E-state index in [1.165, 1.54) is 30.5 Å². The molecular formula is C22H15F4N5O2S. The molecular weight excluding hydrogens is 474 g/mol. The molecule has 0 amide bonds. The molecule has 12 heteroatoms. The van der Waals surface area contributed by atoms with Gasteiger partial charge in [-0.2, -0.15) is 23.2 Å². The molecule has 34 heavy (non-hydrogen) atoms. The predicted octanol–water partition coefficient (Wildman–Crippen LogP) is 4.33. The van der Waals surface area contributed by atoms with Crippen LogP contribution in [0.25, 0.3) is 28.1 Å². The van der Waals surface area contributed by atoms with Gasteiger partial charge in [0.2, 0.25) is 10.0 Å². The first-order valence-corrected chi connectivity index (χ1v) is 11.2. The Morgan fingerprint density at radius 1 is 1.12 bits per heavy atom. The van der Waals surface area contributed by atoms with Gasteiger partial charge in [0, 0.05) is 17.8 Å². The molecule has 3 heterocycles. The van der Waals surface area contributed by atoms with Crippen LogP contribution in [0.1, 0.15) is 12.5 Å². The minimum Gasteiger partial charge on any atom is -0.291 e. The van der Waals surface area contributed by atoms with Gasteiger partial charge in [-0.3, -0.25) is 9.55 Å². The van der Waals surface area contributed by atoms with E-state index in [0.29, 0.717) is 23.6 Å². The van der Waals surface area contributed by atoms with Crippen LogP contribution in [0.3, 0.4) is 0 Å². The number of aromatic nitrogens is 3. The van der Waals surface area contributed by atoms with Crippen molar-refractivity contribution in [2.75, 3.05) is 0 Å². The van der Waals surface area contributed by atoms with Crippen LogP contribution in [0, 0.1) is 17.1 Å². The van der Waals surface area contributed by atoms with Crippen LogP contribution in [-0.2, 0) is 10.0 Å². The molecule has 4 rings (SSSR count). The Balaban J connectivity index is 1.87. The quantitative estimate of drug-likeness (QED) is 0.421. The van der Waals surface area contributed by atoms with Crippen LogP contribution in [0.15, 0.2) is 65.8 Å². The maximum Gasteiger partial charge on any atom is 0.404 e. The predicted molar refractivity (Wildman–Crippen MR) is 115 cm³/mol. The van der Waals surface area contributed by atoms with Gasteiger partial charge < -0.3 is 0 Å². The topological polar surface area (TPSA) is 101 Å². The summed E-state index contributed by atoms with van der Waals surface area (Å²) in [6, 6.07) is 11.0. The van der Waals surface area contributed by atoms with E-state index >= 15 is 0 Å². The maximum absolute atomic E-state index is 14.0. The smallest absolute Gasteiger partial charge is 0.291 e. The zero-order valence-electron chi connectivity index (χ0n) is 17.4. The number of fused-ring (bicyclic) bond motifs is 1. The molecule has 7 nitrogen and oxygen atoms in total. The van der Waals surface area contributed by atoms with E-state index < -0.39 is 33.0 Å². The number of nitrogens with zero attached hydrogens (tertiary/aromatic N) is 4. The zero-order chi connectivity index (χ0) is 24.7. The highest BCUT2D eigenvalue weighted by Crippen LogP contribution is 2.35. The number of benzene rings is 1. The van der Waals surface area contributed by atoms with Crippen molar-refractivity contribution < 1.29 is 26.0 Å². The van der Waals surface area contributed by atoms with Crippen molar-refractivity contribution in [2.45, 2.75) is 24.0 Å². The summed E-state index contributed by atoms with van der Waals surface area (Å²) in [5.74, 6) is -0.164. The molecule has 3 aromatic heterocycles. The Morgan fingerprint density at radius 2 is 1.88 bits per heavy atom. The molecule has 0 saturated carbocycles. The second-order valence-corrected chi connectivity index (χ2v) is 9.00. The second kappa shape index (κ2) is 8.51. The van der Waals surface area contributed by atoms with Gasteiger partial charge in [-0.05, 0) is 49.4 Å². The first kappa shape index (κ1) is 23.3. The molecule has 0 fully saturated rings. The SMILES string of the molecule is CC(NS(=O)(=O)c1ccc(-c2c(C#N)c3cc(F)ccc3n2-c2ccccn2)nc1)C(F)(F)F. The molecule has 174 valence electrons. The molecule has 1 N–H and O–H groups in total. The van der Waals surface area contributed by atoms with Crippen molar-refractivity contribution in [1.29, 1.82) is 5.26 Å². The van der Waals surface area contributed by atoms with Crippen molar-refractivity contribution in [2.24, 2.45) is 0 Å². The monoisotopic (exact) mass is 489 g/mol. The molecule has 0 bridgehead atoms. The van der Waals surface area contributed by atoms with Crippen molar-refractivity contribution in [3.63, 3.8) is 0 Å². The van der Waals surface area contributed by atoms with Crippen LogP contribution >= 0.6 is 0 Å². The third kappa shape index (κ3) is 4.23. The Kier molecular flexibility index (Phi) is 5.84. The highest BCUT2D eigenvalue weighted by molar-refractivity contribution is 7.89. The number of sulfonamides is 1. The van der Waals surface area contributed by atoms with Crippen molar-refractivity contribution in [1.82, 2.24) is 19.3 Å². The lowest BCUT2D eigenvalue weighted by molar-refractivity contribution is -0.147. The number of nitrogens with one attached hydrogen (secondary N) is 1. The van der Waals surface area contributed by atoms with Gasteiger partial charge >= 0.3 is 6.18 Å². The highest BCUT2D eigenvalue weighted by atomic mass is 32.2. The van der Waals surface area contributed by atoms with Gasteiger partial charge in [-0.25, -0.2) is 17.8 Å². The number of alkyl halides is 3. The van der Waals surface area contributed by atoms with E-state index in [9.17, 15) is 31.2 Å². The lowest BCUT2D eigenvalue weighted by Crippen LogP contribution is -2.42. The minimum absolute atomic E-state index is 0.0760. The summed E-state index contributed by atoms with van der Waals surface area (Å²) in [6.07, 6.45) is -2.35. The summed E-state index contributed by atoms with van der Waals surface area (Å²) < 4.78 is 80.2. The van der Waals surface area contributed by atoms with Gasteiger partial charge in [-0.15, -0.1) is 0 Å². The fourth-order valence-electron chi connectivity index (χ4n) is 3.39. The molecule has 1 unspecified atom stereocenters. The van der Waals surface area contributed by atoms with Crippen LogP contribution in [0.4, 0.5) is 17.6 Å². The lowest BCUT2D eigenvalue weighted by atomic mass is 10.1. The van der Waals surface area contributed by atoms with E-state index in [1.807, 2.05) is 6.07 Å². The fourth-order valence-corrected chi connectivity index (χ4v) is 4.56. The van der Waals surface area contributed by atoms with Gasteiger partial charge in [0.25, 0.3) is 0 Å². The molecule has 1 aromatic carbocycles. The van der Waals surface area contributed by atoms with E-state index in [4.69, 9.17) is 0 Å². The largest absolute Gasteiger partial charge is 0.404 e. The van der Waals surface area contributed by atoms with Crippen molar-refractivity contribution in [3.8, 4) is 23.3 Å². The van der Waals surface area contributed by atoms with Crippen molar-refractivity contribution >= 4 is 20.9 Å². The summed E-state index contributed by atoms with van der Waals surface area (Å²) in [6.45, 7) is 0.684. The standard InChI is InChI=1S/C22H15F4N5O2S/c1-13(22(24,25)26)30-34(32,33)15-6-7-18(29-12-15)21-17(11-27)16-10-14(23)5-8-19(16)31(21)20-4-2-3-9-28-20/h2-10,12-13,30H,1H3. The van der Waals surface area contributed by atoms with Crippen LogP contribution in [-0.4, -0.2) is 35.2 Å². The highest BCUT2D eigenvalue weighted by Gasteiger charge is 2.39. The number of pyridine rings is 2. The summed E-state index contributed by atoms with van der Waals surface area (Å²) >= 11 is 0. The molecule has 0 aliphatic rings. The second-order valence-electron chi connectivity index (χ2n) is 7.28. The Morgan fingerprint density at radius 3 is 2.47 bits per heavy atom. The maximum atomic E-state index is 14.0. The van der Waals surface area contributed by atoms with Gasteiger partial charge in [0.1, 0.15) is 28.6 Å². The third-order valence-electron chi connectivity index (χ3n) is 5.03. The fraction of sp³-hybridized carbons (Fsp3) is 0.136. The van der Waals surface area contributed by atoms with E-state index in [1.54, 1.807) is 27.5 Å². The molecule has 1 atom stereocenters. The summed E-state index contributed by atoms with van der Waals surface area (Å²) in [5, 5.41) is 10.1. The summed E-state index contributed by atoms with van der Waals surface area (Å²) in [7, 11) is -4.52. The number of hydrogen-bond acceptors (Lipinski definition) is 5. The van der Waals surface area contributed by atoms with Crippen LogP contribution in [0.5, 0.6) is 0 Å². The summed E-state index contributed by atoms with van der Waals surface area (Å²) in [4.78, 5) is 7.90. The van der Waals surface area contributed by atoms with E-state index in [2.05, 4.69) is 9.97 Å². The molecule has 4 aromatic rings. The normalized spacial score (nSPS) is 13.1. The molecule has 0 saturated heterocycles. The first-order valence-electron chi connectivity index (χ1n) is 9.74. The Labute approximate surface area is 191 Å². The number of rotatable bonds is 5.